The smallest absolute Gasteiger partial charge is 0.263 e. The third kappa shape index (κ3) is 2.19. The maximum Gasteiger partial charge on any atom is 0.274 e. The Kier molecular flexibility index (Phi) is 3.09. The van der Waals surface area contributed by atoms with Gasteiger partial charge in [-0.3, -0.25) is 10.1 Å². The molecule has 0 amide bonds. The zero-order valence-electron chi connectivity index (χ0n) is 7.25. The Morgan fingerprint density at radius 3 is 2.75 bits per heavy atom. The van der Waals surface area contributed by atoms with Crippen molar-refractivity contribution in [3.8, 4) is 0 Å². The predicted molar refractivity (Wildman–Crippen MR) is 50.9 cm³/mol. The second kappa shape index (κ2) is 3.73. The molecule has 1 aliphatic rings. The number of hydrogen-bond acceptors (Lipinski definition) is 2. The Labute approximate surface area is 80.8 Å². The van der Waals surface area contributed by atoms with Gasteiger partial charge in [-0.25, -0.2) is 0 Å². The van der Waals surface area contributed by atoms with Crippen LogP contribution in [0.2, 0.25) is 0 Å². The minimum absolute atomic E-state index is 0.176. The summed E-state index contributed by atoms with van der Waals surface area (Å²) < 4.78 is -0.822. The fraction of sp³-hybridized carbons (Fsp3) is 1.00. The van der Waals surface area contributed by atoms with Crippen LogP contribution in [0.1, 0.15) is 39.0 Å². The lowest BCUT2D eigenvalue weighted by Gasteiger charge is -2.15. The standard InChI is InChI=1S/C8H14BrNO2/c1-7-3-2-5-8(9,6-4-7)10(11)12/h7H,2-6H2,1H3. The molecule has 2 unspecified atom stereocenters. The van der Waals surface area contributed by atoms with Crippen molar-refractivity contribution in [1.82, 2.24) is 0 Å². The van der Waals surface area contributed by atoms with E-state index in [9.17, 15) is 10.1 Å². The van der Waals surface area contributed by atoms with E-state index in [1.54, 1.807) is 0 Å². The summed E-state index contributed by atoms with van der Waals surface area (Å²) in [7, 11) is 0. The Morgan fingerprint density at radius 1 is 1.50 bits per heavy atom. The highest BCUT2D eigenvalue weighted by atomic mass is 79.9. The van der Waals surface area contributed by atoms with Crippen LogP contribution in [0, 0.1) is 16.0 Å². The minimum Gasteiger partial charge on any atom is -0.263 e. The van der Waals surface area contributed by atoms with Crippen LogP contribution in [0.15, 0.2) is 0 Å². The first-order chi connectivity index (χ1) is 5.54. The molecule has 3 nitrogen and oxygen atoms in total. The lowest BCUT2D eigenvalue weighted by Crippen LogP contribution is -2.30. The van der Waals surface area contributed by atoms with Crippen LogP contribution < -0.4 is 0 Å². The summed E-state index contributed by atoms with van der Waals surface area (Å²) in [5.41, 5.74) is 0. The summed E-state index contributed by atoms with van der Waals surface area (Å²) in [4.78, 5) is 10.5. The lowest BCUT2D eigenvalue weighted by atomic mass is 10.0. The number of rotatable bonds is 1. The molecule has 0 aromatic rings. The first-order valence-corrected chi connectivity index (χ1v) is 5.17. The summed E-state index contributed by atoms with van der Waals surface area (Å²) in [6, 6.07) is 0. The van der Waals surface area contributed by atoms with Crippen molar-refractivity contribution in [3.05, 3.63) is 10.1 Å². The molecular weight excluding hydrogens is 222 g/mol. The Morgan fingerprint density at radius 2 is 2.17 bits per heavy atom. The maximum atomic E-state index is 10.7. The first kappa shape index (κ1) is 9.96. The summed E-state index contributed by atoms with van der Waals surface area (Å²) >= 11 is 3.24. The normalized spacial score (nSPS) is 37.3. The molecule has 0 N–H and O–H groups in total. The molecule has 1 fully saturated rings. The highest BCUT2D eigenvalue weighted by Gasteiger charge is 2.40. The van der Waals surface area contributed by atoms with E-state index in [1.165, 1.54) is 0 Å². The van der Waals surface area contributed by atoms with Gasteiger partial charge in [0.1, 0.15) is 0 Å². The van der Waals surface area contributed by atoms with Gasteiger partial charge in [0, 0.05) is 33.7 Å². The quantitative estimate of drug-likeness (QED) is 0.231. The second-order valence-electron chi connectivity index (χ2n) is 3.71. The topological polar surface area (TPSA) is 43.1 Å². The van der Waals surface area contributed by atoms with Gasteiger partial charge >= 0.3 is 0 Å². The molecule has 0 radical (unpaired) electrons. The first-order valence-electron chi connectivity index (χ1n) is 4.38. The van der Waals surface area contributed by atoms with E-state index in [0.29, 0.717) is 18.8 Å². The third-order valence-electron chi connectivity index (χ3n) is 2.60. The maximum absolute atomic E-state index is 10.7. The van der Waals surface area contributed by atoms with Crippen molar-refractivity contribution in [2.24, 2.45) is 5.92 Å². The van der Waals surface area contributed by atoms with E-state index in [2.05, 4.69) is 22.9 Å². The number of hydrogen-bond donors (Lipinski definition) is 0. The van der Waals surface area contributed by atoms with Gasteiger partial charge in [0.2, 0.25) is 0 Å². The van der Waals surface area contributed by atoms with E-state index < -0.39 is 4.45 Å². The molecule has 70 valence electrons. The summed E-state index contributed by atoms with van der Waals surface area (Å²) in [6.07, 6.45) is 4.40. The van der Waals surface area contributed by atoms with Crippen molar-refractivity contribution in [2.75, 3.05) is 0 Å². The fourth-order valence-corrected chi connectivity index (χ4v) is 2.15. The molecule has 4 heteroatoms. The van der Waals surface area contributed by atoms with E-state index in [4.69, 9.17) is 0 Å². The summed E-state index contributed by atoms with van der Waals surface area (Å²) in [5, 5.41) is 10.7. The van der Waals surface area contributed by atoms with Gasteiger partial charge in [0.05, 0.1) is 0 Å². The molecule has 1 saturated carbocycles. The molecule has 1 aliphatic carbocycles. The van der Waals surface area contributed by atoms with Crippen LogP contribution >= 0.6 is 15.9 Å². The van der Waals surface area contributed by atoms with E-state index >= 15 is 0 Å². The molecule has 0 aromatic carbocycles. The molecule has 0 spiro atoms. The molecular formula is C8H14BrNO2. The number of halogens is 1. The van der Waals surface area contributed by atoms with Crippen molar-refractivity contribution in [1.29, 1.82) is 0 Å². The third-order valence-corrected chi connectivity index (χ3v) is 3.69. The number of alkyl halides is 1. The van der Waals surface area contributed by atoms with Gasteiger partial charge in [0.15, 0.2) is 0 Å². The SMILES string of the molecule is CC1CCCC(Br)([N+](=O)[O-])CC1. The number of nitro groups is 1. The molecule has 1 rings (SSSR count). The molecule has 12 heavy (non-hydrogen) atoms. The molecule has 0 aliphatic heterocycles. The zero-order chi connectivity index (χ0) is 9.19. The van der Waals surface area contributed by atoms with Gasteiger partial charge in [-0.2, -0.15) is 0 Å². The fourth-order valence-electron chi connectivity index (χ4n) is 1.64. The van der Waals surface area contributed by atoms with Gasteiger partial charge < -0.3 is 0 Å². The largest absolute Gasteiger partial charge is 0.274 e. The van der Waals surface area contributed by atoms with E-state index in [-0.39, 0.29) is 4.92 Å². The van der Waals surface area contributed by atoms with E-state index in [0.717, 1.165) is 19.3 Å². The van der Waals surface area contributed by atoms with Crippen molar-refractivity contribution >= 4 is 15.9 Å². The Bertz CT molecular complexity index is 186. The van der Waals surface area contributed by atoms with Gasteiger partial charge in [-0.15, -0.1) is 0 Å². The van der Waals surface area contributed by atoms with E-state index in [1.807, 2.05) is 0 Å². The van der Waals surface area contributed by atoms with Crippen molar-refractivity contribution in [2.45, 2.75) is 43.5 Å². The van der Waals surface area contributed by atoms with Crippen molar-refractivity contribution in [3.63, 3.8) is 0 Å². The second-order valence-corrected chi connectivity index (χ2v) is 5.19. The molecule has 0 aromatic heterocycles. The van der Waals surface area contributed by atoms with Gasteiger partial charge in [-0.1, -0.05) is 13.3 Å². The average Bonchev–Trinajstić information content (AvgIpc) is 2.15. The molecule has 0 bridgehead atoms. The molecule has 0 saturated heterocycles. The average molecular weight is 236 g/mol. The highest BCUT2D eigenvalue weighted by Crippen LogP contribution is 2.36. The van der Waals surface area contributed by atoms with Crippen molar-refractivity contribution < 1.29 is 4.92 Å². The summed E-state index contributed by atoms with van der Waals surface area (Å²) in [5.74, 6) is 0.643. The Hall–Kier alpha value is -0.120. The van der Waals surface area contributed by atoms with Crippen LogP contribution in [0.25, 0.3) is 0 Å². The molecule has 0 heterocycles. The van der Waals surface area contributed by atoms with Crippen LogP contribution in [-0.4, -0.2) is 9.37 Å². The van der Waals surface area contributed by atoms with Gasteiger partial charge in [-0.05, 0) is 18.8 Å². The van der Waals surface area contributed by atoms with Crippen LogP contribution in [0.5, 0.6) is 0 Å². The van der Waals surface area contributed by atoms with Crippen LogP contribution in [0.4, 0.5) is 0 Å². The van der Waals surface area contributed by atoms with Crippen LogP contribution in [-0.2, 0) is 0 Å². The van der Waals surface area contributed by atoms with Gasteiger partial charge in [0.25, 0.3) is 4.45 Å². The number of nitrogens with zero attached hydrogens (tertiary/aromatic N) is 1. The lowest BCUT2D eigenvalue weighted by molar-refractivity contribution is -0.537. The Balaban J connectivity index is 2.61. The summed E-state index contributed by atoms with van der Waals surface area (Å²) in [6.45, 7) is 2.17. The molecule has 2 atom stereocenters. The highest BCUT2D eigenvalue weighted by molar-refractivity contribution is 9.10. The van der Waals surface area contributed by atoms with Crippen LogP contribution in [0.3, 0.4) is 0 Å². The minimum atomic E-state index is -0.822. The zero-order valence-corrected chi connectivity index (χ0v) is 8.84. The monoisotopic (exact) mass is 235 g/mol. The predicted octanol–water partition coefficient (Wildman–Crippen LogP) is 2.95.